The van der Waals surface area contributed by atoms with Crippen LogP contribution in [0.15, 0.2) is 36.4 Å². The van der Waals surface area contributed by atoms with Gasteiger partial charge in [0.05, 0.1) is 26.2 Å². The van der Waals surface area contributed by atoms with Gasteiger partial charge in [-0.3, -0.25) is 4.79 Å². The summed E-state index contributed by atoms with van der Waals surface area (Å²) < 4.78 is 16.6. The molecule has 2 aliphatic heterocycles. The van der Waals surface area contributed by atoms with Gasteiger partial charge in [-0.2, -0.15) is 0 Å². The molecule has 0 saturated carbocycles. The van der Waals surface area contributed by atoms with Gasteiger partial charge in [-0.05, 0) is 49.2 Å². The molecular formula is C22H27N2O4+. The molecule has 0 spiro atoms. The van der Waals surface area contributed by atoms with E-state index in [1.807, 2.05) is 43.0 Å². The van der Waals surface area contributed by atoms with Crippen molar-refractivity contribution < 1.29 is 23.9 Å². The Morgan fingerprint density at radius 3 is 2.68 bits per heavy atom. The maximum atomic E-state index is 12.5. The number of carbonyl (C=O) groups is 1. The molecule has 28 heavy (non-hydrogen) atoms. The highest BCUT2D eigenvalue weighted by atomic mass is 16.7. The van der Waals surface area contributed by atoms with Crippen molar-refractivity contribution in [1.29, 1.82) is 0 Å². The number of quaternary nitrogens is 1. The quantitative estimate of drug-likeness (QED) is 0.847. The van der Waals surface area contributed by atoms with Gasteiger partial charge < -0.3 is 24.0 Å². The Balaban J connectivity index is 1.25. The first-order chi connectivity index (χ1) is 13.6. The summed E-state index contributed by atoms with van der Waals surface area (Å²) in [5, 5.41) is 0. The van der Waals surface area contributed by atoms with E-state index in [9.17, 15) is 4.79 Å². The minimum absolute atomic E-state index is 0.0584. The highest BCUT2D eigenvalue weighted by Crippen LogP contribution is 2.32. The number of fused-ring (bicyclic) bond motifs is 1. The maximum absolute atomic E-state index is 12.5. The van der Waals surface area contributed by atoms with Crippen molar-refractivity contribution in [3.63, 3.8) is 0 Å². The van der Waals surface area contributed by atoms with Crippen LogP contribution in [0.3, 0.4) is 0 Å². The molecule has 148 valence electrons. The van der Waals surface area contributed by atoms with Crippen molar-refractivity contribution >= 4 is 5.91 Å². The van der Waals surface area contributed by atoms with E-state index >= 15 is 0 Å². The molecule has 0 unspecified atom stereocenters. The average molecular weight is 383 g/mol. The molecule has 2 heterocycles. The lowest BCUT2D eigenvalue weighted by Crippen LogP contribution is -3.13. The lowest BCUT2D eigenvalue weighted by Gasteiger charge is -2.32. The third kappa shape index (κ3) is 4.22. The molecule has 1 saturated heterocycles. The van der Waals surface area contributed by atoms with Crippen LogP contribution in [0.2, 0.25) is 0 Å². The average Bonchev–Trinajstić information content (AvgIpc) is 3.17. The van der Waals surface area contributed by atoms with Gasteiger partial charge >= 0.3 is 0 Å². The van der Waals surface area contributed by atoms with E-state index in [0.29, 0.717) is 6.79 Å². The Morgan fingerprint density at radius 2 is 1.86 bits per heavy atom. The summed E-state index contributed by atoms with van der Waals surface area (Å²) in [5.74, 6) is 2.50. The van der Waals surface area contributed by atoms with E-state index in [0.717, 1.165) is 61.1 Å². The van der Waals surface area contributed by atoms with Crippen LogP contribution in [0.25, 0.3) is 0 Å². The summed E-state index contributed by atoms with van der Waals surface area (Å²) in [6.07, 6.45) is 0. The van der Waals surface area contributed by atoms with Crippen LogP contribution in [0.4, 0.5) is 0 Å². The van der Waals surface area contributed by atoms with Crippen molar-refractivity contribution in [3.8, 4) is 17.2 Å². The topological polar surface area (TPSA) is 52.4 Å². The van der Waals surface area contributed by atoms with Crippen LogP contribution in [0, 0.1) is 13.8 Å². The first kappa shape index (κ1) is 18.6. The molecule has 0 aliphatic carbocycles. The Kier molecular flexibility index (Phi) is 5.39. The molecule has 2 aromatic rings. The number of piperazine rings is 1. The monoisotopic (exact) mass is 383 g/mol. The molecule has 1 fully saturated rings. The lowest BCUT2D eigenvalue weighted by atomic mass is 10.1. The van der Waals surface area contributed by atoms with Gasteiger partial charge in [-0.1, -0.05) is 12.1 Å². The lowest BCUT2D eigenvalue weighted by molar-refractivity contribution is -0.917. The number of hydrogen-bond acceptors (Lipinski definition) is 4. The number of ether oxygens (including phenoxy) is 3. The van der Waals surface area contributed by atoms with Gasteiger partial charge in [-0.15, -0.1) is 0 Å². The summed E-state index contributed by atoms with van der Waals surface area (Å²) in [5.41, 5.74) is 3.42. The van der Waals surface area contributed by atoms with E-state index in [4.69, 9.17) is 14.2 Å². The molecule has 2 aliphatic rings. The van der Waals surface area contributed by atoms with Crippen LogP contribution < -0.4 is 19.1 Å². The van der Waals surface area contributed by atoms with Crippen molar-refractivity contribution in [1.82, 2.24) is 4.90 Å². The van der Waals surface area contributed by atoms with Gasteiger partial charge in [0.25, 0.3) is 5.91 Å². The summed E-state index contributed by atoms with van der Waals surface area (Å²) in [6.45, 7) is 8.74. The minimum atomic E-state index is 0.0584. The highest BCUT2D eigenvalue weighted by molar-refractivity contribution is 5.77. The third-order valence-corrected chi connectivity index (χ3v) is 5.41. The van der Waals surface area contributed by atoms with Crippen LogP contribution >= 0.6 is 0 Å². The number of nitrogens with one attached hydrogen (secondary N) is 1. The maximum Gasteiger partial charge on any atom is 0.260 e. The first-order valence-corrected chi connectivity index (χ1v) is 9.78. The normalized spacial score (nSPS) is 16.3. The van der Waals surface area contributed by atoms with Gasteiger partial charge in [-0.25, -0.2) is 0 Å². The zero-order valence-corrected chi connectivity index (χ0v) is 16.5. The van der Waals surface area contributed by atoms with Crippen LogP contribution in [0.1, 0.15) is 16.7 Å². The van der Waals surface area contributed by atoms with E-state index in [2.05, 4.69) is 12.1 Å². The van der Waals surface area contributed by atoms with Gasteiger partial charge in [0.2, 0.25) is 6.79 Å². The van der Waals surface area contributed by atoms with Gasteiger partial charge in [0.1, 0.15) is 12.3 Å². The molecule has 6 heteroatoms. The largest absolute Gasteiger partial charge is 0.483 e. The SMILES string of the molecule is Cc1ccc(C)c(OCC(=O)N2CC[NH+](Cc3ccc4c(c3)OCO4)CC2)c1. The fourth-order valence-electron chi connectivity index (χ4n) is 3.68. The first-order valence-electron chi connectivity index (χ1n) is 9.78. The molecular weight excluding hydrogens is 356 g/mol. The summed E-state index contributed by atoms with van der Waals surface area (Å²) >= 11 is 0. The van der Waals surface area contributed by atoms with E-state index in [1.165, 1.54) is 10.5 Å². The van der Waals surface area contributed by atoms with Gasteiger partial charge in [0.15, 0.2) is 18.1 Å². The zero-order valence-electron chi connectivity index (χ0n) is 16.5. The number of aryl methyl sites for hydroxylation is 2. The molecule has 1 amide bonds. The second-order valence-corrected chi connectivity index (χ2v) is 7.55. The summed E-state index contributed by atoms with van der Waals surface area (Å²) in [6, 6.07) is 12.2. The third-order valence-electron chi connectivity index (χ3n) is 5.41. The van der Waals surface area contributed by atoms with Crippen LogP contribution in [-0.4, -0.2) is 50.4 Å². The number of benzene rings is 2. The van der Waals surface area contributed by atoms with E-state index < -0.39 is 0 Å². The fraction of sp³-hybridized carbons (Fsp3) is 0.409. The smallest absolute Gasteiger partial charge is 0.260 e. The number of nitrogens with zero attached hydrogens (tertiary/aromatic N) is 1. The van der Waals surface area contributed by atoms with Crippen molar-refractivity contribution in [2.45, 2.75) is 20.4 Å². The predicted octanol–water partition coefficient (Wildman–Crippen LogP) is 1.34. The molecule has 0 radical (unpaired) electrons. The molecule has 1 N–H and O–H groups in total. The summed E-state index contributed by atoms with van der Waals surface area (Å²) in [4.78, 5) is 15.9. The molecule has 2 aromatic carbocycles. The number of hydrogen-bond donors (Lipinski definition) is 1. The molecule has 0 aromatic heterocycles. The highest BCUT2D eigenvalue weighted by Gasteiger charge is 2.25. The van der Waals surface area contributed by atoms with E-state index in [-0.39, 0.29) is 12.5 Å². The zero-order chi connectivity index (χ0) is 19.5. The Hall–Kier alpha value is -2.73. The van der Waals surface area contributed by atoms with Crippen molar-refractivity contribution in [2.75, 3.05) is 39.6 Å². The Morgan fingerprint density at radius 1 is 1.07 bits per heavy atom. The molecule has 4 rings (SSSR count). The number of rotatable bonds is 5. The second-order valence-electron chi connectivity index (χ2n) is 7.55. The van der Waals surface area contributed by atoms with Crippen molar-refractivity contribution in [3.05, 3.63) is 53.1 Å². The van der Waals surface area contributed by atoms with Crippen LogP contribution in [-0.2, 0) is 11.3 Å². The molecule has 0 bridgehead atoms. The Bertz CT molecular complexity index is 860. The number of amides is 1. The van der Waals surface area contributed by atoms with Crippen LogP contribution in [0.5, 0.6) is 17.2 Å². The standard InChI is InChI=1S/C22H26N2O4/c1-16-3-4-17(2)20(11-16)26-14-22(25)24-9-7-23(8-10-24)13-18-5-6-19-21(12-18)28-15-27-19/h3-6,11-12H,7-10,13-15H2,1-2H3/p+1. The molecule has 0 atom stereocenters. The minimum Gasteiger partial charge on any atom is -0.483 e. The van der Waals surface area contributed by atoms with Crippen molar-refractivity contribution in [2.24, 2.45) is 0 Å². The number of carbonyl (C=O) groups excluding carboxylic acids is 1. The summed E-state index contributed by atoms with van der Waals surface area (Å²) in [7, 11) is 0. The molecule has 6 nitrogen and oxygen atoms in total. The van der Waals surface area contributed by atoms with Gasteiger partial charge in [0, 0.05) is 5.56 Å². The second kappa shape index (κ2) is 8.10. The van der Waals surface area contributed by atoms with E-state index in [1.54, 1.807) is 0 Å². The predicted molar refractivity (Wildman–Crippen MR) is 105 cm³/mol. The Labute approximate surface area is 165 Å². The fourth-order valence-corrected chi connectivity index (χ4v) is 3.68.